The highest BCUT2D eigenvalue weighted by Crippen LogP contribution is 2.24. The van der Waals surface area contributed by atoms with E-state index in [1.165, 1.54) is 32.2 Å². The molecule has 0 bridgehead atoms. The average Bonchev–Trinajstić information content (AvgIpc) is 2.61. The average molecular weight is 422 g/mol. The van der Waals surface area contributed by atoms with Crippen molar-refractivity contribution in [2.45, 2.75) is 6.92 Å². The van der Waals surface area contributed by atoms with E-state index in [1.807, 2.05) is 0 Å². The molecule has 0 aliphatic heterocycles. The van der Waals surface area contributed by atoms with Gasteiger partial charge in [-0.1, -0.05) is 15.9 Å². The first-order chi connectivity index (χ1) is 12.4. The SMILES string of the molecule is COC(=O)c1cc(NC(=O)COc2ccc(Br)cc2)ccc1OC(C)=O. The van der Waals surface area contributed by atoms with Crippen molar-refractivity contribution in [3.8, 4) is 11.5 Å². The van der Waals surface area contributed by atoms with Crippen LogP contribution in [0.5, 0.6) is 11.5 Å². The molecule has 8 heteroatoms. The Labute approximate surface area is 158 Å². The number of benzene rings is 2. The van der Waals surface area contributed by atoms with E-state index in [2.05, 4.69) is 26.0 Å². The molecule has 0 aliphatic carbocycles. The van der Waals surface area contributed by atoms with Crippen molar-refractivity contribution in [1.29, 1.82) is 0 Å². The van der Waals surface area contributed by atoms with Gasteiger partial charge >= 0.3 is 11.9 Å². The number of nitrogens with one attached hydrogen (secondary N) is 1. The molecule has 0 aromatic heterocycles. The van der Waals surface area contributed by atoms with Gasteiger partial charge in [0.1, 0.15) is 17.1 Å². The van der Waals surface area contributed by atoms with E-state index in [0.717, 1.165) is 4.47 Å². The Morgan fingerprint density at radius 2 is 1.77 bits per heavy atom. The Balaban J connectivity index is 2.05. The molecule has 0 atom stereocenters. The van der Waals surface area contributed by atoms with Crippen molar-refractivity contribution in [3.63, 3.8) is 0 Å². The number of hydrogen-bond donors (Lipinski definition) is 1. The van der Waals surface area contributed by atoms with Gasteiger partial charge in [0.25, 0.3) is 5.91 Å². The second kappa shape index (κ2) is 9.00. The van der Waals surface area contributed by atoms with E-state index in [4.69, 9.17) is 9.47 Å². The van der Waals surface area contributed by atoms with Crippen LogP contribution in [0.2, 0.25) is 0 Å². The first kappa shape index (κ1) is 19.5. The van der Waals surface area contributed by atoms with Crippen LogP contribution >= 0.6 is 15.9 Å². The maximum atomic E-state index is 12.0. The second-order valence-corrected chi connectivity index (χ2v) is 6.00. The summed E-state index contributed by atoms with van der Waals surface area (Å²) in [5, 5.41) is 2.60. The molecule has 0 aliphatic rings. The molecule has 0 fully saturated rings. The predicted molar refractivity (Wildman–Crippen MR) is 97.4 cm³/mol. The van der Waals surface area contributed by atoms with Crippen LogP contribution in [0.25, 0.3) is 0 Å². The number of rotatable bonds is 6. The zero-order valence-electron chi connectivity index (χ0n) is 14.1. The maximum Gasteiger partial charge on any atom is 0.341 e. The number of amides is 1. The van der Waals surface area contributed by atoms with E-state index in [1.54, 1.807) is 24.3 Å². The van der Waals surface area contributed by atoms with Gasteiger partial charge < -0.3 is 19.5 Å². The summed E-state index contributed by atoms with van der Waals surface area (Å²) in [5.74, 6) is -1.08. The molecule has 0 heterocycles. The maximum absolute atomic E-state index is 12.0. The van der Waals surface area contributed by atoms with E-state index < -0.39 is 17.8 Å². The number of anilines is 1. The number of ether oxygens (including phenoxy) is 3. The highest BCUT2D eigenvalue weighted by molar-refractivity contribution is 9.10. The Morgan fingerprint density at radius 3 is 2.38 bits per heavy atom. The lowest BCUT2D eigenvalue weighted by Gasteiger charge is -2.11. The zero-order chi connectivity index (χ0) is 19.1. The van der Waals surface area contributed by atoms with Crippen molar-refractivity contribution in [2.75, 3.05) is 19.0 Å². The fourth-order valence-electron chi connectivity index (χ4n) is 2.00. The van der Waals surface area contributed by atoms with Crippen LogP contribution in [0.1, 0.15) is 17.3 Å². The molecule has 7 nitrogen and oxygen atoms in total. The molecule has 136 valence electrons. The first-order valence-corrected chi connectivity index (χ1v) is 8.27. The molecule has 26 heavy (non-hydrogen) atoms. The summed E-state index contributed by atoms with van der Waals surface area (Å²) in [7, 11) is 1.21. The molecule has 2 aromatic carbocycles. The van der Waals surface area contributed by atoms with Crippen LogP contribution in [-0.4, -0.2) is 31.6 Å². The summed E-state index contributed by atoms with van der Waals surface area (Å²) in [6, 6.07) is 11.3. The third-order valence-electron chi connectivity index (χ3n) is 3.11. The van der Waals surface area contributed by atoms with Gasteiger partial charge in [-0.3, -0.25) is 9.59 Å². The highest BCUT2D eigenvalue weighted by atomic mass is 79.9. The first-order valence-electron chi connectivity index (χ1n) is 7.48. The number of halogens is 1. The van der Waals surface area contributed by atoms with E-state index in [9.17, 15) is 14.4 Å². The molecular formula is C18H16BrNO6. The monoisotopic (exact) mass is 421 g/mol. The van der Waals surface area contributed by atoms with Crippen LogP contribution in [0.15, 0.2) is 46.9 Å². The minimum atomic E-state index is -0.691. The van der Waals surface area contributed by atoms with Gasteiger partial charge in [-0.15, -0.1) is 0 Å². The van der Waals surface area contributed by atoms with E-state index >= 15 is 0 Å². The summed E-state index contributed by atoms with van der Waals surface area (Å²) >= 11 is 3.31. The second-order valence-electron chi connectivity index (χ2n) is 5.09. The summed E-state index contributed by atoms with van der Waals surface area (Å²) in [4.78, 5) is 35.0. The van der Waals surface area contributed by atoms with Gasteiger partial charge in [0.2, 0.25) is 0 Å². The summed E-state index contributed by atoms with van der Waals surface area (Å²) in [6.07, 6.45) is 0. The van der Waals surface area contributed by atoms with Crippen molar-refractivity contribution in [3.05, 3.63) is 52.5 Å². The van der Waals surface area contributed by atoms with Gasteiger partial charge in [-0.25, -0.2) is 4.79 Å². The quantitative estimate of drug-likeness (QED) is 0.568. The molecule has 2 rings (SSSR count). The fraction of sp³-hybridized carbons (Fsp3) is 0.167. The third-order valence-corrected chi connectivity index (χ3v) is 3.63. The Hall–Kier alpha value is -2.87. The largest absolute Gasteiger partial charge is 0.484 e. The Bertz CT molecular complexity index is 819. The van der Waals surface area contributed by atoms with Gasteiger partial charge in [-0.05, 0) is 42.5 Å². The third kappa shape index (κ3) is 5.59. The molecular weight excluding hydrogens is 406 g/mol. The molecule has 1 N–H and O–H groups in total. The van der Waals surface area contributed by atoms with Gasteiger partial charge in [0, 0.05) is 17.1 Å². The standard InChI is InChI=1S/C18H16BrNO6/c1-11(21)26-16-8-5-13(9-15(16)18(23)24-2)20-17(22)10-25-14-6-3-12(19)4-7-14/h3-9H,10H2,1-2H3,(H,20,22). The van der Waals surface area contributed by atoms with Crippen LogP contribution in [0, 0.1) is 0 Å². The number of hydrogen-bond acceptors (Lipinski definition) is 6. The van der Waals surface area contributed by atoms with Crippen LogP contribution < -0.4 is 14.8 Å². The summed E-state index contributed by atoms with van der Waals surface area (Å²) in [6.45, 7) is 1.01. The van der Waals surface area contributed by atoms with Crippen LogP contribution in [0.3, 0.4) is 0 Å². The number of carbonyl (C=O) groups is 3. The topological polar surface area (TPSA) is 90.9 Å². The number of esters is 2. The smallest absolute Gasteiger partial charge is 0.341 e. The molecule has 0 saturated carbocycles. The van der Waals surface area contributed by atoms with Gasteiger partial charge in [0.05, 0.1) is 7.11 Å². The Kier molecular flexibility index (Phi) is 6.74. The predicted octanol–water partition coefficient (Wildman–Crippen LogP) is 3.18. The number of methoxy groups -OCH3 is 1. The minimum Gasteiger partial charge on any atom is -0.484 e. The summed E-state index contributed by atoms with van der Waals surface area (Å²) in [5.41, 5.74) is 0.361. The lowest BCUT2D eigenvalue weighted by Crippen LogP contribution is -2.20. The summed E-state index contributed by atoms with van der Waals surface area (Å²) < 4.78 is 15.9. The minimum absolute atomic E-state index is 0.0225. The molecule has 0 saturated heterocycles. The highest BCUT2D eigenvalue weighted by Gasteiger charge is 2.16. The lowest BCUT2D eigenvalue weighted by molar-refractivity contribution is -0.131. The molecule has 0 radical (unpaired) electrons. The van der Waals surface area contributed by atoms with Crippen molar-refractivity contribution in [1.82, 2.24) is 0 Å². The van der Waals surface area contributed by atoms with Crippen LogP contribution in [-0.2, 0) is 14.3 Å². The van der Waals surface area contributed by atoms with Crippen molar-refractivity contribution >= 4 is 39.5 Å². The normalized spacial score (nSPS) is 9.96. The lowest BCUT2D eigenvalue weighted by atomic mass is 10.1. The fourth-order valence-corrected chi connectivity index (χ4v) is 2.26. The van der Waals surface area contributed by atoms with Gasteiger partial charge in [-0.2, -0.15) is 0 Å². The van der Waals surface area contributed by atoms with Gasteiger partial charge in [0.15, 0.2) is 6.61 Å². The van der Waals surface area contributed by atoms with Crippen molar-refractivity contribution < 1.29 is 28.6 Å². The molecule has 2 aromatic rings. The van der Waals surface area contributed by atoms with Crippen LogP contribution in [0.4, 0.5) is 5.69 Å². The zero-order valence-corrected chi connectivity index (χ0v) is 15.7. The Morgan fingerprint density at radius 1 is 1.08 bits per heavy atom. The molecule has 0 unspecified atom stereocenters. The molecule has 1 amide bonds. The molecule has 0 spiro atoms. The van der Waals surface area contributed by atoms with E-state index in [0.29, 0.717) is 11.4 Å². The van der Waals surface area contributed by atoms with E-state index in [-0.39, 0.29) is 17.9 Å². The van der Waals surface area contributed by atoms with Crippen molar-refractivity contribution in [2.24, 2.45) is 0 Å². The number of carbonyl (C=O) groups excluding carboxylic acids is 3.